The highest BCUT2D eigenvalue weighted by molar-refractivity contribution is 6.29. The lowest BCUT2D eigenvalue weighted by Gasteiger charge is -2.20. The molecule has 0 saturated carbocycles. The van der Waals surface area contributed by atoms with Gasteiger partial charge in [-0.05, 0) is 52.7 Å². The average Bonchev–Trinajstić information content (AvgIpc) is 3.05. The number of nitrogens with two attached hydrogens (primary N) is 1. The van der Waals surface area contributed by atoms with E-state index in [-0.39, 0.29) is 66.9 Å². The molecule has 0 aliphatic rings. The van der Waals surface area contributed by atoms with Crippen LogP contribution in [0.5, 0.6) is 0 Å². The van der Waals surface area contributed by atoms with Crippen LogP contribution in [0.15, 0.2) is 92.0 Å². The minimum Gasteiger partial charge on any atom is -0.466 e. The number of ether oxygens (including phenoxy) is 2. The van der Waals surface area contributed by atoms with Gasteiger partial charge in [0.25, 0.3) is 11.1 Å². The van der Waals surface area contributed by atoms with Crippen molar-refractivity contribution < 1.29 is 19.1 Å². The van der Waals surface area contributed by atoms with E-state index in [2.05, 4.69) is 15.3 Å². The molecular weight excluding hydrogens is 692 g/mol. The lowest BCUT2D eigenvalue weighted by atomic mass is 10.0. The van der Waals surface area contributed by atoms with Crippen molar-refractivity contribution >= 4 is 29.4 Å². The van der Waals surface area contributed by atoms with Crippen LogP contribution in [0.4, 0.5) is 5.82 Å². The standard InChI is InChI=1S/C18H23N3O4.C11H15NO2.C7H9ClN2O2.CH4/c1-4-25-17(23)10-14(13-8-6-5-7-9-13)19-15-11-16(22)21(12(2)3)18(24)20-15;1-2-14-11(13)8-10(12)9-6-4-3-5-7-9;1-4(2)10-6(11)3-5(8)9-7(10)12;/h5-9,11-12,14,19H,4,10H2,1-3H3,(H,20,24);3-7,10H,2,8,12H2,1H3;3-4H,1-2H3,(H,9,12);1H4/t14-;10-;;/m11../s1. The predicted octanol–water partition coefficient (Wildman–Crippen LogP) is 5.27. The van der Waals surface area contributed by atoms with E-state index in [0.717, 1.165) is 20.3 Å². The number of carbonyl (C=O) groups is 2. The van der Waals surface area contributed by atoms with Gasteiger partial charge >= 0.3 is 23.3 Å². The fourth-order valence-electron chi connectivity index (χ4n) is 4.77. The molecule has 4 aromatic rings. The topological polar surface area (TPSA) is 200 Å². The number of esters is 2. The van der Waals surface area contributed by atoms with E-state index in [4.69, 9.17) is 26.8 Å². The number of hydrogen-bond acceptors (Lipinski definition) is 10. The molecule has 0 fully saturated rings. The molecule has 15 heteroatoms. The summed E-state index contributed by atoms with van der Waals surface area (Å²) < 4.78 is 12.1. The average molecular weight is 743 g/mol. The Morgan fingerprint density at radius 3 is 1.62 bits per heavy atom. The van der Waals surface area contributed by atoms with Crippen LogP contribution in [0.2, 0.25) is 5.15 Å². The van der Waals surface area contributed by atoms with E-state index >= 15 is 0 Å². The Labute approximate surface area is 308 Å². The zero-order valence-corrected chi connectivity index (χ0v) is 30.4. The van der Waals surface area contributed by atoms with E-state index in [0.29, 0.717) is 13.2 Å². The van der Waals surface area contributed by atoms with Crippen LogP contribution < -0.4 is 33.5 Å². The molecule has 284 valence electrons. The van der Waals surface area contributed by atoms with Gasteiger partial charge in [-0.3, -0.25) is 38.3 Å². The van der Waals surface area contributed by atoms with Crippen LogP contribution >= 0.6 is 11.6 Å². The number of nitrogens with one attached hydrogen (secondary N) is 3. The van der Waals surface area contributed by atoms with E-state index in [1.165, 1.54) is 12.1 Å². The largest absolute Gasteiger partial charge is 0.466 e. The first-order valence-corrected chi connectivity index (χ1v) is 16.9. The third kappa shape index (κ3) is 14.6. The van der Waals surface area contributed by atoms with E-state index in [1.54, 1.807) is 41.5 Å². The molecule has 4 rings (SSSR count). The van der Waals surface area contributed by atoms with Crippen molar-refractivity contribution in [3.63, 3.8) is 0 Å². The van der Waals surface area contributed by atoms with Crippen LogP contribution in [0.3, 0.4) is 0 Å². The Balaban J connectivity index is 0.000000424. The Bertz CT molecular complexity index is 1860. The lowest BCUT2D eigenvalue weighted by molar-refractivity contribution is -0.144. The minimum absolute atomic E-state index is 0. The fraction of sp³-hybridized carbons (Fsp3) is 0.405. The molecule has 14 nitrogen and oxygen atoms in total. The number of rotatable bonds is 12. The molecule has 2 aromatic carbocycles. The zero-order valence-electron chi connectivity index (χ0n) is 29.7. The molecule has 0 bridgehead atoms. The predicted molar refractivity (Wildman–Crippen MR) is 204 cm³/mol. The Morgan fingerprint density at radius 1 is 0.731 bits per heavy atom. The third-order valence-corrected chi connectivity index (χ3v) is 7.26. The summed E-state index contributed by atoms with van der Waals surface area (Å²) in [5.41, 5.74) is 5.90. The van der Waals surface area contributed by atoms with Gasteiger partial charge in [0.15, 0.2) is 0 Å². The summed E-state index contributed by atoms with van der Waals surface area (Å²) in [6.07, 6.45) is 0.311. The zero-order chi connectivity index (χ0) is 38.1. The quantitative estimate of drug-likeness (QED) is 0.109. The number of benzene rings is 2. The summed E-state index contributed by atoms with van der Waals surface area (Å²) in [5.74, 6) is -0.337. The van der Waals surface area contributed by atoms with Crippen LogP contribution in [0.25, 0.3) is 0 Å². The van der Waals surface area contributed by atoms with Crippen LogP contribution in [-0.2, 0) is 19.1 Å². The molecule has 0 unspecified atom stereocenters. The molecule has 0 spiro atoms. The summed E-state index contributed by atoms with van der Waals surface area (Å²) in [7, 11) is 0. The highest BCUT2D eigenvalue weighted by Crippen LogP contribution is 2.21. The van der Waals surface area contributed by atoms with Crippen molar-refractivity contribution in [3.8, 4) is 0 Å². The summed E-state index contributed by atoms with van der Waals surface area (Å²) in [5, 5.41) is 3.13. The number of nitrogens with zero attached hydrogens (tertiary/aromatic N) is 2. The van der Waals surface area contributed by atoms with Crippen molar-refractivity contribution in [3.05, 3.63) is 131 Å². The van der Waals surface area contributed by atoms with Crippen molar-refractivity contribution in [2.45, 2.75) is 86.0 Å². The second kappa shape index (κ2) is 22.6. The first-order chi connectivity index (χ1) is 24.2. The van der Waals surface area contributed by atoms with Gasteiger partial charge in [0, 0.05) is 30.3 Å². The number of hydrogen-bond donors (Lipinski definition) is 4. The molecule has 2 atom stereocenters. The second-order valence-corrected chi connectivity index (χ2v) is 12.1. The maximum absolute atomic E-state index is 12.2. The minimum atomic E-state index is -0.493. The van der Waals surface area contributed by atoms with E-state index in [9.17, 15) is 28.8 Å². The number of halogens is 1. The molecule has 0 aliphatic heterocycles. The Kier molecular flexibility index (Phi) is 19.5. The van der Waals surface area contributed by atoms with Gasteiger partial charge in [0.1, 0.15) is 11.0 Å². The smallest absolute Gasteiger partial charge is 0.330 e. The normalized spacial score (nSPS) is 11.5. The SMILES string of the molecule is C.CC(C)n1c(=O)cc(Cl)[nH]c1=O.CCOC(=O)C[C@@H](N)c1ccccc1.CCOC(=O)C[C@@H](Nc1cc(=O)n(C(C)C)c(=O)[nH]1)c1ccccc1. The number of H-pyrrole nitrogens is 2. The maximum Gasteiger partial charge on any atom is 0.330 e. The highest BCUT2D eigenvalue weighted by Gasteiger charge is 2.18. The van der Waals surface area contributed by atoms with Crippen LogP contribution in [-0.4, -0.2) is 44.3 Å². The number of aromatic nitrogens is 4. The second-order valence-electron chi connectivity index (χ2n) is 11.7. The molecule has 0 amide bonds. The van der Waals surface area contributed by atoms with Gasteiger partial charge in [-0.2, -0.15) is 0 Å². The fourth-order valence-corrected chi connectivity index (χ4v) is 4.94. The Morgan fingerprint density at radius 2 is 1.17 bits per heavy atom. The van der Waals surface area contributed by atoms with Crippen molar-refractivity contribution in [1.29, 1.82) is 0 Å². The molecular formula is C37H51ClN6O8. The third-order valence-electron chi connectivity index (χ3n) is 7.06. The molecule has 0 radical (unpaired) electrons. The van der Waals surface area contributed by atoms with Crippen molar-refractivity contribution in [2.24, 2.45) is 5.73 Å². The van der Waals surface area contributed by atoms with Crippen LogP contribution in [0.1, 0.15) is 97.1 Å². The Hall–Kier alpha value is -5.21. The van der Waals surface area contributed by atoms with Gasteiger partial charge < -0.3 is 20.5 Å². The van der Waals surface area contributed by atoms with Gasteiger partial charge in [-0.1, -0.05) is 79.7 Å². The summed E-state index contributed by atoms with van der Waals surface area (Å²) in [4.78, 5) is 74.6. The number of carbonyl (C=O) groups excluding carboxylic acids is 2. The maximum atomic E-state index is 12.2. The van der Waals surface area contributed by atoms with Gasteiger partial charge in [-0.25, -0.2) is 9.59 Å². The van der Waals surface area contributed by atoms with E-state index in [1.807, 2.05) is 60.7 Å². The van der Waals surface area contributed by atoms with Gasteiger partial charge in [0.2, 0.25) is 0 Å². The van der Waals surface area contributed by atoms with Gasteiger partial charge in [-0.15, -0.1) is 0 Å². The summed E-state index contributed by atoms with van der Waals surface area (Å²) in [6.45, 7) is 11.3. The first kappa shape index (κ1) is 44.8. The molecule has 2 aromatic heterocycles. The highest BCUT2D eigenvalue weighted by atomic mass is 35.5. The summed E-state index contributed by atoms with van der Waals surface area (Å²) in [6, 6.07) is 20.3. The molecule has 0 aliphatic carbocycles. The molecule has 52 heavy (non-hydrogen) atoms. The monoisotopic (exact) mass is 742 g/mol. The molecule has 0 saturated heterocycles. The summed E-state index contributed by atoms with van der Waals surface area (Å²) >= 11 is 5.46. The van der Waals surface area contributed by atoms with Crippen LogP contribution in [0, 0.1) is 0 Å². The number of anilines is 1. The first-order valence-electron chi connectivity index (χ1n) is 16.5. The molecule has 5 N–H and O–H groups in total. The van der Waals surface area contributed by atoms with Gasteiger partial charge in [0.05, 0.1) is 32.1 Å². The lowest BCUT2D eigenvalue weighted by Crippen LogP contribution is -2.36. The van der Waals surface area contributed by atoms with E-state index < -0.39 is 23.0 Å². The van der Waals surface area contributed by atoms with Crippen molar-refractivity contribution in [1.82, 2.24) is 19.1 Å². The molecule has 2 heterocycles. The van der Waals surface area contributed by atoms with Crippen molar-refractivity contribution in [2.75, 3.05) is 18.5 Å². The number of aromatic amines is 2.